The molecule has 1 heterocycles. The molecule has 1 saturated heterocycles. The van der Waals surface area contributed by atoms with E-state index in [4.69, 9.17) is 9.47 Å². The molecule has 1 aliphatic heterocycles. The molecule has 0 spiro atoms. The van der Waals surface area contributed by atoms with Gasteiger partial charge in [0, 0.05) is 11.7 Å². The SMILES string of the molecule is COC(=O)c1ccc(C)c(NC(=O)CN2CCCCC[C@@H]2c2ccc(OC)cc2)c1. The smallest absolute Gasteiger partial charge is 0.337 e. The molecule has 0 aromatic heterocycles. The number of rotatable bonds is 6. The first kappa shape index (κ1) is 21.8. The van der Waals surface area contributed by atoms with Crippen molar-refractivity contribution in [1.29, 1.82) is 0 Å². The molecule has 0 radical (unpaired) electrons. The van der Waals surface area contributed by atoms with E-state index in [0.29, 0.717) is 17.8 Å². The Kier molecular flexibility index (Phi) is 7.46. The number of carbonyl (C=O) groups is 2. The normalized spacial score (nSPS) is 17.1. The van der Waals surface area contributed by atoms with Crippen LogP contribution in [0.15, 0.2) is 42.5 Å². The van der Waals surface area contributed by atoms with Gasteiger partial charge in [0.2, 0.25) is 5.91 Å². The van der Waals surface area contributed by atoms with Gasteiger partial charge in [0.05, 0.1) is 26.3 Å². The van der Waals surface area contributed by atoms with Crippen LogP contribution in [-0.4, -0.2) is 44.1 Å². The number of ether oxygens (including phenoxy) is 2. The molecule has 2 aromatic rings. The number of esters is 1. The summed E-state index contributed by atoms with van der Waals surface area (Å²) in [6, 6.07) is 13.5. The average Bonchev–Trinajstić information content (AvgIpc) is 3.00. The third-order valence-corrected chi connectivity index (χ3v) is 5.64. The largest absolute Gasteiger partial charge is 0.497 e. The van der Waals surface area contributed by atoms with E-state index in [1.54, 1.807) is 19.2 Å². The van der Waals surface area contributed by atoms with Gasteiger partial charge in [0.25, 0.3) is 0 Å². The second-order valence-corrected chi connectivity index (χ2v) is 7.68. The van der Waals surface area contributed by atoms with Crippen molar-refractivity contribution >= 4 is 17.6 Å². The minimum atomic E-state index is -0.419. The molecule has 1 amide bonds. The van der Waals surface area contributed by atoms with Crippen LogP contribution in [0.4, 0.5) is 5.69 Å². The zero-order chi connectivity index (χ0) is 21.5. The molecule has 3 rings (SSSR count). The van der Waals surface area contributed by atoms with E-state index in [1.165, 1.54) is 19.1 Å². The molecule has 1 fully saturated rings. The Morgan fingerprint density at radius 3 is 2.53 bits per heavy atom. The molecule has 30 heavy (non-hydrogen) atoms. The van der Waals surface area contributed by atoms with Crippen molar-refractivity contribution in [2.45, 2.75) is 38.6 Å². The Morgan fingerprint density at radius 1 is 1.07 bits per heavy atom. The van der Waals surface area contributed by atoms with Gasteiger partial charge in [-0.3, -0.25) is 9.69 Å². The third-order valence-electron chi connectivity index (χ3n) is 5.64. The van der Waals surface area contributed by atoms with Gasteiger partial charge in [0.1, 0.15) is 5.75 Å². The fraction of sp³-hybridized carbons (Fsp3) is 0.417. The molecule has 1 aliphatic rings. The highest BCUT2D eigenvalue weighted by Crippen LogP contribution is 2.31. The van der Waals surface area contributed by atoms with Gasteiger partial charge < -0.3 is 14.8 Å². The van der Waals surface area contributed by atoms with E-state index in [-0.39, 0.29) is 11.9 Å². The fourth-order valence-electron chi connectivity index (χ4n) is 3.94. The number of likely N-dealkylation sites (tertiary alicyclic amines) is 1. The molecule has 2 aromatic carbocycles. The molecule has 6 nitrogen and oxygen atoms in total. The third kappa shape index (κ3) is 5.39. The number of benzene rings is 2. The van der Waals surface area contributed by atoms with E-state index in [9.17, 15) is 9.59 Å². The number of aryl methyl sites for hydroxylation is 1. The van der Waals surface area contributed by atoms with Gasteiger partial charge in [-0.05, 0) is 61.7 Å². The maximum Gasteiger partial charge on any atom is 0.337 e. The average molecular weight is 411 g/mol. The van der Waals surface area contributed by atoms with Gasteiger partial charge in [0.15, 0.2) is 0 Å². The predicted octanol–water partition coefficient (Wildman–Crippen LogP) is 4.35. The molecule has 0 bridgehead atoms. The van der Waals surface area contributed by atoms with Crippen molar-refractivity contribution in [2.75, 3.05) is 32.6 Å². The maximum absolute atomic E-state index is 12.9. The molecule has 6 heteroatoms. The van der Waals surface area contributed by atoms with Gasteiger partial charge in [-0.2, -0.15) is 0 Å². The van der Waals surface area contributed by atoms with Crippen LogP contribution in [0.3, 0.4) is 0 Å². The summed E-state index contributed by atoms with van der Waals surface area (Å²) in [5.41, 5.74) is 3.16. The highest BCUT2D eigenvalue weighted by molar-refractivity contribution is 5.96. The first-order valence-electron chi connectivity index (χ1n) is 10.4. The number of methoxy groups -OCH3 is 2. The molecular formula is C24H30N2O4. The topological polar surface area (TPSA) is 67.9 Å². The first-order valence-corrected chi connectivity index (χ1v) is 10.4. The Bertz CT molecular complexity index is 879. The van der Waals surface area contributed by atoms with Crippen molar-refractivity contribution in [2.24, 2.45) is 0 Å². The molecular weight excluding hydrogens is 380 g/mol. The van der Waals surface area contributed by atoms with E-state index in [0.717, 1.165) is 37.1 Å². The monoisotopic (exact) mass is 410 g/mol. The molecule has 160 valence electrons. The second kappa shape index (κ2) is 10.3. The van der Waals surface area contributed by atoms with Crippen LogP contribution in [0.2, 0.25) is 0 Å². The molecule has 0 unspecified atom stereocenters. The summed E-state index contributed by atoms with van der Waals surface area (Å²) in [5, 5.41) is 2.98. The number of hydrogen-bond donors (Lipinski definition) is 1. The number of nitrogens with zero attached hydrogens (tertiary/aromatic N) is 1. The Labute approximate surface area is 178 Å². The predicted molar refractivity (Wildman–Crippen MR) is 117 cm³/mol. The lowest BCUT2D eigenvalue weighted by atomic mass is 10.0. The standard InChI is InChI=1S/C24H30N2O4/c1-17-8-9-19(24(28)30-3)15-21(17)25-23(27)16-26-14-6-4-5-7-22(26)18-10-12-20(29-2)13-11-18/h8-13,15,22H,4-7,14,16H2,1-3H3,(H,25,27)/t22-/m1/s1. The minimum absolute atomic E-state index is 0.0828. The number of amides is 1. The Hall–Kier alpha value is -2.86. The van der Waals surface area contributed by atoms with Crippen LogP contribution in [-0.2, 0) is 9.53 Å². The lowest BCUT2D eigenvalue weighted by Gasteiger charge is -2.30. The van der Waals surface area contributed by atoms with Crippen LogP contribution in [0.25, 0.3) is 0 Å². The van der Waals surface area contributed by atoms with Crippen molar-refractivity contribution in [3.63, 3.8) is 0 Å². The first-order chi connectivity index (χ1) is 14.5. The van der Waals surface area contributed by atoms with Gasteiger partial charge in [-0.15, -0.1) is 0 Å². The highest BCUT2D eigenvalue weighted by atomic mass is 16.5. The Morgan fingerprint density at radius 2 is 1.83 bits per heavy atom. The minimum Gasteiger partial charge on any atom is -0.497 e. The van der Waals surface area contributed by atoms with Crippen LogP contribution < -0.4 is 10.1 Å². The van der Waals surface area contributed by atoms with Gasteiger partial charge in [-0.1, -0.05) is 31.0 Å². The van der Waals surface area contributed by atoms with E-state index in [2.05, 4.69) is 22.3 Å². The number of nitrogens with one attached hydrogen (secondary N) is 1. The molecule has 1 N–H and O–H groups in total. The summed E-state index contributed by atoms with van der Waals surface area (Å²) < 4.78 is 10.1. The lowest BCUT2D eigenvalue weighted by molar-refractivity contribution is -0.117. The van der Waals surface area contributed by atoms with Gasteiger partial charge >= 0.3 is 5.97 Å². The quantitative estimate of drug-likeness (QED) is 0.718. The van der Waals surface area contributed by atoms with Crippen molar-refractivity contribution in [3.8, 4) is 5.75 Å². The summed E-state index contributed by atoms with van der Waals surface area (Å²) in [7, 11) is 3.01. The maximum atomic E-state index is 12.9. The molecule has 0 aliphatic carbocycles. The Balaban J connectivity index is 1.73. The zero-order valence-corrected chi connectivity index (χ0v) is 17.9. The fourth-order valence-corrected chi connectivity index (χ4v) is 3.94. The van der Waals surface area contributed by atoms with E-state index >= 15 is 0 Å². The second-order valence-electron chi connectivity index (χ2n) is 7.68. The summed E-state index contributed by atoms with van der Waals surface area (Å²) in [4.78, 5) is 26.9. The highest BCUT2D eigenvalue weighted by Gasteiger charge is 2.25. The van der Waals surface area contributed by atoms with Crippen LogP contribution in [0.1, 0.15) is 53.2 Å². The van der Waals surface area contributed by atoms with Crippen LogP contribution >= 0.6 is 0 Å². The van der Waals surface area contributed by atoms with Crippen molar-refractivity contribution < 1.29 is 19.1 Å². The number of anilines is 1. The summed E-state index contributed by atoms with van der Waals surface area (Å²) in [6.07, 6.45) is 4.42. The van der Waals surface area contributed by atoms with Crippen molar-refractivity contribution in [3.05, 3.63) is 59.2 Å². The molecule has 0 saturated carbocycles. The number of hydrogen-bond acceptors (Lipinski definition) is 5. The van der Waals surface area contributed by atoms with Crippen molar-refractivity contribution in [1.82, 2.24) is 4.90 Å². The van der Waals surface area contributed by atoms with Crippen LogP contribution in [0.5, 0.6) is 5.75 Å². The van der Waals surface area contributed by atoms with Crippen LogP contribution in [0, 0.1) is 6.92 Å². The lowest BCUT2D eigenvalue weighted by Crippen LogP contribution is -2.36. The summed E-state index contributed by atoms with van der Waals surface area (Å²) >= 11 is 0. The summed E-state index contributed by atoms with van der Waals surface area (Å²) in [5.74, 6) is 0.329. The van der Waals surface area contributed by atoms with Gasteiger partial charge in [-0.25, -0.2) is 4.79 Å². The van der Waals surface area contributed by atoms with E-state index < -0.39 is 5.97 Å². The van der Waals surface area contributed by atoms with E-state index in [1.807, 2.05) is 25.1 Å². The zero-order valence-electron chi connectivity index (χ0n) is 17.9. The summed E-state index contributed by atoms with van der Waals surface area (Å²) in [6.45, 7) is 3.09. The number of carbonyl (C=O) groups excluding carboxylic acids is 2. The molecule has 1 atom stereocenters.